The first kappa shape index (κ1) is 24.9. The van der Waals surface area contributed by atoms with E-state index in [0.29, 0.717) is 50.0 Å². The monoisotopic (exact) mass is 499 g/mol. The Bertz CT molecular complexity index is 1030. The number of hydrogen-bond donors (Lipinski definition) is 2. The van der Waals surface area contributed by atoms with Crippen molar-refractivity contribution < 1.29 is 28.6 Å². The van der Waals surface area contributed by atoms with Crippen molar-refractivity contribution in [2.75, 3.05) is 33.1 Å². The molecule has 1 saturated carbocycles. The molecule has 5 rings (SSSR count). The molecule has 1 aliphatic carbocycles. The van der Waals surface area contributed by atoms with Crippen LogP contribution in [0.5, 0.6) is 11.5 Å². The highest BCUT2D eigenvalue weighted by atomic mass is 16.7. The molecule has 0 unspecified atom stereocenters. The third kappa shape index (κ3) is 4.53. The number of carbonyl (C=O) groups is 3. The van der Waals surface area contributed by atoms with Crippen LogP contribution in [0.2, 0.25) is 0 Å². The van der Waals surface area contributed by atoms with Crippen molar-refractivity contribution >= 4 is 17.8 Å². The minimum atomic E-state index is -0.868. The number of urea groups is 1. The third-order valence-corrected chi connectivity index (χ3v) is 8.67. The second-order valence-electron chi connectivity index (χ2n) is 11.8. The number of carbonyl (C=O) groups excluding carboxylic acids is 3. The van der Waals surface area contributed by atoms with Gasteiger partial charge in [-0.15, -0.1) is 0 Å². The van der Waals surface area contributed by atoms with Crippen molar-refractivity contribution in [1.82, 2.24) is 15.5 Å². The van der Waals surface area contributed by atoms with E-state index in [2.05, 4.69) is 31.4 Å². The molecule has 0 bridgehead atoms. The second kappa shape index (κ2) is 9.25. The first-order valence-electron chi connectivity index (χ1n) is 13.0. The smallest absolute Gasteiger partial charge is 0.325 e. The average Bonchev–Trinajstić information content (AvgIpc) is 3.41. The summed E-state index contributed by atoms with van der Waals surface area (Å²) in [6.45, 7) is 8.16. The Labute approximate surface area is 212 Å². The Kier molecular flexibility index (Phi) is 6.39. The zero-order valence-electron chi connectivity index (χ0n) is 21.5. The summed E-state index contributed by atoms with van der Waals surface area (Å²) in [6.07, 6.45) is 4.49. The van der Waals surface area contributed by atoms with Gasteiger partial charge in [0.05, 0.1) is 0 Å². The Morgan fingerprint density at radius 2 is 1.78 bits per heavy atom. The number of rotatable bonds is 5. The van der Waals surface area contributed by atoms with Crippen LogP contribution in [0.4, 0.5) is 4.79 Å². The van der Waals surface area contributed by atoms with Crippen LogP contribution < -0.4 is 20.1 Å². The lowest BCUT2D eigenvalue weighted by Gasteiger charge is -2.40. The minimum Gasteiger partial charge on any atom is -0.454 e. The summed E-state index contributed by atoms with van der Waals surface area (Å²) >= 11 is 0. The molecule has 1 aromatic carbocycles. The number of amides is 4. The lowest BCUT2D eigenvalue weighted by atomic mass is 9.67. The minimum absolute atomic E-state index is 0.172. The van der Waals surface area contributed by atoms with E-state index in [1.54, 1.807) is 0 Å². The molecule has 3 aliphatic heterocycles. The fourth-order valence-electron chi connectivity index (χ4n) is 6.16. The van der Waals surface area contributed by atoms with Gasteiger partial charge >= 0.3 is 6.03 Å². The van der Waals surface area contributed by atoms with Crippen LogP contribution in [0, 0.1) is 11.3 Å². The van der Waals surface area contributed by atoms with Gasteiger partial charge in [-0.2, -0.15) is 0 Å². The van der Waals surface area contributed by atoms with E-state index in [9.17, 15) is 14.4 Å². The molecular weight excluding hydrogens is 462 g/mol. The van der Waals surface area contributed by atoms with Gasteiger partial charge < -0.3 is 24.8 Å². The summed E-state index contributed by atoms with van der Waals surface area (Å²) in [5.41, 5.74) is 0.0388. The largest absolute Gasteiger partial charge is 0.454 e. The van der Waals surface area contributed by atoms with Gasteiger partial charge in [-0.25, -0.2) is 4.79 Å². The molecule has 4 amide bonds. The first-order valence-corrected chi connectivity index (χ1v) is 13.0. The number of imide groups is 1. The van der Waals surface area contributed by atoms with Gasteiger partial charge in [0.2, 0.25) is 12.7 Å². The van der Waals surface area contributed by atoms with E-state index < -0.39 is 11.6 Å². The molecule has 3 fully saturated rings. The van der Waals surface area contributed by atoms with Crippen molar-refractivity contribution in [3.8, 4) is 11.5 Å². The van der Waals surface area contributed by atoms with E-state index in [4.69, 9.17) is 14.2 Å². The number of nitrogens with zero attached hydrogens (tertiary/aromatic N) is 1. The molecule has 0 radical (unpaired) electrons. The summed E-state index contributed by atoms with van der Waals surface area (Å²) in [5.74, 6) is 1.32. The second-order valence-corrected chi connectivity index (χ2v) is 11.8. The van der Waals surface area contributed by atoms with Crippen LogP contribution in [0.25, 0.3) is 0 Å². The Balaban J connectivity index is 1.23. The van der Waals surface area contributed by atoms with Crippen molar-refractivity contribution in [3.63, 3.8) is 0 Å². The molecular formula is C27H37N3O6. The van der Waals surface area contributed by atoms with Crippen molar-refractivity contribution in [2.45, 2.75) is 70.3 Å². The van der Waals surface area contributed by atoms with E-state index in [1.165, 1.54) is 0 Å². The molecule has 1 aromatic rings. The quantitative estimate of drug-likeness (QED) is 0.603. The van der Waals surface area contributed by atoms with Gasteiger partial charge in [0, 0.05) is 25.2 Å². The lowest BCUT2D eigenvalue weighted by molar-refractivity contribution is -0.136. The maximum atomic E-state index is 13.3. The molecule has 3 heterocycles. The normalized spacial score (nSPS) is 27.3. The van der Waals surface area contributed by atoms with E-state index in [-0.39, 0.29) is 36.0 Å². The number of nitrogens with one attached hydrogen (secondary N) is 2. The molecule has 0 atom stereocenters. The maximum absolute atomic E-state index is 13.3. The fourth-order valence-corrected chi connectivity index (χ4v) is 6.16. The standard InChI is InChI=1S/C27H37N3O6/c1-25(2,3)18-6-8-27(9-7-18)23(32)30(24(33)29-27)15-22(31)28-16-26(10-12-34-13-11-26)19-4-5-20-21(14-19)36-17-35-20/h4-5,14,18H,6-13,15-17H2,1-3H3,(H,28,31)(H,29,33). The average molecular weight is 500 g/mol. The predicted octanol–water partition coefficient (Wildman–Crippen LogP) is 3.11. The van der Waals surface area contributed by atoms with Gasteiger partial charge in [0.15, 0.2) is 11.5 Å². The van der Waals surface area contributed by atoms with Crippen LogP contribution in [-0.4, -0.2) is 61.4 Å². The first-order chi connectivity index (χ1) is 17.1. The molecule has 2 N–H and O–H groups in total. The number of ether oxygens (including phenoxy) is 3. The molecule has 9 heteroatoms. The van der Waals surface area contributed by atoms with Crippen LogP contribution >= 0.6 is 0 Å². The molecule has 36 heavy (non-hydrogen) atoms. The van der Waals surface area contributed by atoms with Gasteiger partial charge in [0.1, 0.15) is 12.1 Å². The topological polar surface area (TPSA) is 106 Å². The van der Waals surface area contributed by atoms with E-state index in [1.807, 2.05) is 18.2 Å². The number of benzene rings is 1. The Morgan fingerprint density at radius 3 is 2.47 bits per heavy atom. The predicted molar refractivity (Wildman–Crippen MR) is 132 cm³/mol. The van der Waals surface area contributed by atoms with Gasteiger partial charge in [-0.05, 0) is 67.6 Å². The summed E-state index contributed by atoms with van der Waals surface area (Å²) in [6, 6.07) is 5.42. The van der Waals surface area contributed by atoms with Crippen molar-refractivity contribution in [3.05, 3.63) is 23.8 Å². The SMILES string of the molecule is CC(C)(C)C1CCC2(CC1)NC(=O)N(CC(=O)NCC1(c3ccc4c(c3)OCO4)CCOCC1)C2=O. The molecule has 0 aromatic heterocycles. The molecule has 9 nitrogen and oxygen atoms in total. The molecule has 2 saturated heterocycles. The number of hydrogen-bond acceptors (Lipinski definition) is 6. The van der Waals surface area contributed by atoms with Gasteiger partial charge in [0.25, 0.3) is 5.91 Å². The van der Waals surface area contributed by atoms with Crippen LogP contribution in [-0.2, 0) is 19.7 Å². The van der Waals surface area contributed by atoms with Crippen LogP contribution in [0.3, 0.4) is 0 Å². The summed E-state index contributed by atoms with van der Waals surface area (Å²) in [5, 5.41) is 5.93. The van der Waals surface area contributed by atoms with Crippen molar-refractivity contribution in [2.24, 2.45) is 11.3 Å². The summed E-state index contributed by atoms with van der Waals surface area (Å²) < 4.78 is 16.6. The Morgan fingerprint density at radius 1 is 1.08 bits per heavy atom. The van der Waals surface area contributed by atoms with Gasteiger partial charge in [-0.1, -0.05) is 26.8 Å². The molecule has 196 valence electrons. The highest BCUT2D eigenvalue weighted by molar-refractivity contribution is 6.09. The van der Waals surface area contributed by atoms with E-state index >= 15 is 0 Å². The Hall–Kier alpha value is -2.81. The number of fused-ring (bicyclic) bond motifs is 1. The van der Waals surface area contributed by atoms with E-state index in [0.717, 1.165) is 36.1 Å². The van der Waals surface area contributed by atoms with Crippen LogP contribution in [0.1, 0.15) is 64.9 Å². The van der Waals surface area contributed by atoms with Gasteiger partial charge in [-0.3, -0.25) is 14.5 Å². The highest BCUT2D eigenvalue weighted by Gasteiger charge is 2.53. The summed E-state index contributed by atoms with van der Waals surface area (Å²) in [7, 11) is 0. The summed E-state index contributed by atoms with van der Waals surface area (Å²) in [4.78, 5) is 40.1. The third-order valence-electron chi connectivity index (χ3n) is 8.67. The zero-order chi connectivity index (χ0) is 25.6. The maximum Gasteiger partial charge on any atom is 0.325 e. The van der Waals surface area contributed by atoms with Crippen LogP contribution in [0.15, 0.2) is 18.2 Å². The lowest BCUT2D eigenvalue weighted by Crippen LogP contribution is -2.51. The molecule has 1 spiro atoms. The zero-order valence-corrected chi connectivity index (χ0v) is 21.5. The highest BCUT2D eigenvalue weighted by Crippen LogP contribution is 2.44. The molecule has 4 aliphatic rings. The fraction of sp³-hybridized carbons (Fsp3) is 0.667. The van der Waals surface area contributed by atoms with Crippen molar-refractivity contribution in [1.29, 1.82) is 0 Å².